The molecule has 1 fully saturated rings. The molecule has 1 aliphatic carbocycles. The number of carbonyl (C=O) groups excluding carboxylic acids is 1. The molecule has 0 spiro atoms. The summed E-state index contributed by atoms with van der Waals surface area (Å²) < 4.78 is 0. The lowest BCUT2D eigenvalue weighted by atomic mass is 10.2. The van der Waals surface area contributed by atoms with Gasteiger partial charge in [-0.1, -0.05) is 23.7 Å². The van der Waals surface area contributed by atoms with Crippen LogP contribution in [0.15, 0.2) is 24.3 Å². The highest BCUT2D eigenvalue weighted by molar-refractivity contribution is 6.30. The lowest BCUT2D eigenvalue weighted by molar-refractivity contribution is -0.123. The van der Waals surface area contributed by atoms with Crippen LogP contribution in [0.1, 0.15) is 18.4 Å². The van der Waals surface area contributed by atoms with E-state index in [9.17, 15) is 4.79 Å². The van der Waals surface area contributed by atoms with Gasteiger partial charge < -0.3 is 11.1 Å². The predicted octanol–water partition coefficient (Wildman–Crippen LogP) is 1.45. The molecule has 4 heteroatoms. The van der Waals surface area contributed by atoms with Crippen molar-refractivity contribution in [3.05, 3.63) is 34.9 Å². The molecule has 1 aliphatic rings. The third-order valence-electron chi connectivity index (χ3n) is 2.61. The number of halogens is 1. The van der Waals surface area contributed by atoms with Gasteiger partial charge in [0.1, 0.15) is 0 Å². The summed E-state index contributed by atoms with van der Waals surface area (Å²) >= 11 is 5.75. The van der Waals surface area contributed by atoms with E-state index in [1.165, 1.54) is 0 Å². The number of nitrogens with two attached hydrogens (primary N) is 1. The van der Waals surface area contributed by atoms with Crippen LogP contribution >= 0.6 is 11.6 Å². The number of carbonyl (C=O) groups is 1. The summed E-state index contributed by atoms with van der Waals surface area (Å²) in [7, 11) is 0. The van der Waals surface area contributed by atoms with Crippen LogP contribution in [0.2, 0.25) is 5.02 Å². The lowest BCUT2D eigenvalue weighted by Gasteiger charge is -2.09. The Morgan fingerprint density at radius 2 is 2.00 bits per heavy atom. The van der Waals surface area contributed by atoms with Crippen molar-refractivity contribution in [2.24, 2.45) is 5.73 Å². The van der Waals surface area contributed by atoms with Crippen LogP contribution in [-0.2, 0) is 11.3 Å². The van der Waals surface area contributed by atoms with Crippen molar-refractivity contribution in [2.45, 2.75) is 24.9 Å². The summed E-state index contributed by atoms with van der Waals surface area (Å²) in [5.41, 5.74) is 6.18. The first-order chi connectivity index (χ1) is 7.10. The number of hydrogen-bond donors (Lipinski definition) is 2. The fourth-order valence-corrected chi connectivity index (χ4v) is 1.45. The molecule has 3 N–H and O–H groups in total. The first kappa shape index (κ1) is 10.5. The quantitative estimate of drug-likeness (QED) is 0.817. The van der Waals surface area contributed by atoms with E-state index >= 15 is 0 Å². The van der Waals surface area contributed by atoms with Gasteiger partial charge in [-0.25, -0.2) is 0 Å². The van der Waals surface area contributed by atoms with Gasteiger partial charge >= 0.3 is 0 Å². The normalized spacial score (nSPS) is 17.2. The van der Waals surface area contributed by atoms with Gasteiger partial charge in [-0.3, -0.25) is 4.79 Å². The third kappa shape index (κ3) is 2.49. The average molecular weight is 225 g/mol. The summed E-state index contributed by atoms with van der Waals surface area (Å²) in [6.07, 6.45) is 1.58. The van der Waals surface area contributed by atoms with E-state index in [1.54, 1.807) is 12.1 Å². The summed E-state index contributed by atoms with van der Waals surface area (Å²) in [6.45, 7) is 0.509. The predicted molar refractivity (Wildman–Crippen MR) is 59.5 cm³/mol. The van der Waals surface area contributed by atoms with Gasteiger partial charge in [-0.05, 0) is 30.5 Å². The molecule has 15 heavy (non-hydrogen) atoms. The summed E-state index contributed by atoms with van der Waals surface area (Å²) in [4.78, 5) is 11.5. The average Bonchev–Trinajstić information content (AvgIpc) is 2.97. The van der Waals surface area contributed by atoms with Crippen LogP contribution in [0.5, 0.6) is 0 Å². The lowest BCUT2D eigenvalue weighted by Crippen LogP contribution is -2.42. The number of hydrogen-bond acceptors (Lipinski definition) is 2. The van der Waals surface area contributed by atoms with Crippen LogP contribution in [0.25, 0.3) is 0 Å². The minimum Gasteiger partial charge on any atom is -0.350 e. The maximum absolute atomic E-state index is 11.5. The van der Waals surface area contributed by atoms with Crippen LogP contribution in [0, 0.1) is 0 Å². The standard InChI is InChI=1S/C11H13ClN2O/c12-9-3-1-8(2-4-9)7-14-10(15)11(13)5-6-11/h1-4H,5-7,13H2,(H,14,15). The SMILES string of the molecule is NC1(C(=O)NCc2ccc(Cl)cc2)CC1. The van der Waals surface area contributed by atoms with Gasteiger partial charge in [0.15, 0.2) is 0 Å². The number of rotatable bonds is 3. The highest BCUT2D eigenvalue weighted by Gasteiger charge is 2.45. The molecule has 1 amide bonds. The number of benzene rings is 1. The van der Waals surface area contributed by atoms with Gasteiger partial charge in [-0.15, -0.1) is 0 Å². The third-order valence-corrected chi connectivity index (χ3v) is 2.86. The van der Waals surface area contributed by atoms with Gasteiger partial charge in [-0.2, -0.15) is 0 Å². The van der Waals surface area contributed by atoms with Gasteiger partial charge in [0.05, 0.1) is 5.54 Å². The highest BCUT2D eigenvalue weighted by atomic mass is 35.5. The van der Waals surface area contributed by atoms with E-state index < -0.39 is 5.54 Å². The summed E-state index contributed by atoms with van der Waals surface area (Å²) in [5, 5.41) is 3.51. The first-order valence-corrected chi connectivity index (χ1v) is 5.30. The monoisotopic (exact) mass is 224 g/mol. The molecule has 0 heterocycles. The number of nitrogens with one attached hydrogen (secondary N) is 1. The summed E-state index contributed by atoms with van der Waals surface area (Å²) in [5.74, 6) is -0.0579. The Hall–Kier alpha value is -1.06. The van der Waals surface area contributed by atoms with Crippen molar-refractivity contribution in [3.63, 3.8) is 0 Å². The van der Waals surface area contributed by atoms with Crippen molar-refractivity contribution in [1.82, 2.24) is 5.32 Å². The fourth-order valence-electron chi connectivity index (χ4n) is 1.32. The molecular formula is C11H13ClN2O. The Morgan fingerprint density at radius 3 is 2.53 bits per heavy atom. The van der Waals surface area contributed by atoms with E-state index in [0.717, 1.165) is 18.4 Å². The maximum Gasteiger partial charge on any atom is 0.240 e. The Morgan fingerprint density at radius 1 is 1.40 bits per heavy atom. The minimum atomic E-state index is -0.591. The van der Waals surface area contributed by atoms with Crippen molar-refractivity contribution in [3.8, 4) is 0 Å². The zero-order valence-electron chi connectivity index (χ0n) is 8.29. The van der Waals surface area contributed by atoms with E-state index in [0.29, 0.717) is 11.6 Å². The molecule has 0 aliphatic heterocycles. The fraction of sp³-hybridized carbons (Fsp3) is 0.364. The molecule has 2 rings (SSSR count). The van der Waals surface area contributed by atoms with E-state index in [4.69, 9.17) is 17.3 Å². The van der Waals surface area contributed by atoms with E-state index in [1.807, 2.05) is 12.1 Å². The zero-order valence-corrected chi connectivity index (χ0v) is 9.05. The highest BCUT2D eigenvalue weighted by Crippen LogP contribution is 2.32. The second kappa shape index (κ2) is 3.83. The second-order valence-corrected chi connectivity index (χ2v) is 4.40. The Bertz CT molecular complexity index is 371. The molecule has 0 bridgehead atoms. The molecule has 1 aromatic carbocycles. The Kier molecular flexibility index (Phi) is 2.67. The summed E-state index contributed by atoms with van der Waals surface area (Å²) in [6, 6.07) is 7.38. The van der Waals surface area contributed by atoms with E-state index in [2.05, 4.69) is 5.32 Å². The maximum atomic E-state index is 11.5. The topological polar surface area (TPSA) is 55.1 Å². The molecule has 0 saturated heterocycles. The molecule has 3 nitrogen and oxygen atoms in total. The molecular weight excluding hydrogens is 212 g/mol. The van der Waals surface area contributed by atoms with Crippen LogP contribution in [0.3, 0.4) is 0 Å². The van der Waals surface area contributed by atoms with Gasteiger partial charge in [0.25, 0.3) is 0 Å². The molecule has 80 valence electrons. The van der Waals surface area contributed by atoms with Crippen LogP contribution in [0.4, 0.5) is 0 Å². The Balaban J connectivity index is 1.88. The smallest absolute Gasteiger partial charge is 0.240 e. The van der Waals surface area contributed by atoms with E-state index in [-0.39, 0.29) is 5.91 Å². The minimum absolute atomic E-state index is 0.0579. The van der Waals surface area contributed by atoms with Gasteiger partial charge in [0, 0.05) is 11.6 Å². The number of amides is 1. The largest absolute Gasteiger partial charge is 0.350 e. The van der Waals surface area contributed by atoms with Crippen molar-refractivity contribution in [2.75, 3.05) is 0 Å². The molecule has 1 saturated carbocycles. The molecule has 0 atom stereocenters. The second-order valence-electron chi connectivity index (χ2n) is 3.97. The van der Waals surface area contributed by atoms with Gasteiger partial charge in [0.2, 0.25) is 5.91 Å². The van der Waals surface area contributed by atoms with Crippen molar-refractivity contribution < 1.29 is 4.79 Å². The van der Waals surface area contributed by atoms with Crippen molar-refractivity contribution >= 4 is 17.5 Å². The molecule has 0 radical (unpaired) electrons. The Labute approximate surface area is 93.6 Å². The van der Waals surface area contributed by atoms with Crippen LogP contribution in [-0.4, -0.2) is 11.4 Å². The molecule has 0 aromatic heterocycles. The van der Waals surface area contributed by atoms with Crippen molar-refractivity contribution in [1.29, 1.82) is 0 Å². The van der Waals surface area contributed by atoms with Crippen LogP contribution < -0.4 is 11.1 Å². The molecule has 0 unspecified atom stereocenters. The zero-order chi connectivity index (χ0) is 10.9. The molecule has 1 aromatic rings. The first-order valence-electron chi connectivity index (χ1n) is 4.92.